The Morgan fingerprint density at radius 1 is 1.00 bits per heavy atom. The van der Waals surface area contributed by atoms with Gasteiger partial charge in [-0.15, -0.1) is 13.2 Å². The number of nitrogens with zero attached hydrogens (tertiary/aromatic N) is 3. The molecule has 0 radical (unpaired) electrons. The summed E-state index contributed by atoms with van der Waals surface area (Å²) in [5.41, 5.74) is 0.428. The number of alkyl halides is 3. The lowest BCUT2D eigenvalue weighted by Gasteiger charge is -2.14. The van der Waals surface area contributed by atoms with Gasteiger partial charge < -0.3 is 20.3 Å². The van der Waals surface area contributed by atoms with Crippen LogP contribution in [0, 0.1) is 11.6 Å². The number of nitrogens with one attached hydrogen (secondary N) is 2. The summed E-state index contributed by atoms with van der Waals surface area (Å²) in [4.78, 5) is 10.6. The predicted octanol–water partition coefficient (Wildman–Crippen LogP) is 5.43. The second kappa shape index (κ2) is 10.4. The summed E-state index contributed by atoms with van der Waals surface area (Å²) in [7, 11) is 3.87. The molecule has 6 nitrogen and oxygen atoms in total. The summed E-state index contributed by atoms with van der Waals surface area (Å²) in [5.74, 6) is -1.45. The van der Waals surface area contributed by atoms with Crippen LogP contribution in [0.3, 0.4) is 0 Å². The molecule has 0 saturated carbocycles. The maximum atomic E-state index is 14.1. The topological polar surface area (TPSA) is 62.3 Å². The monoisotopic (exact) mass is 467 g/mol. The van der Waals surface area contributed by atoms with E-state index in [0.29, 0.717) is 12.1 Å². The van der Waals surface area contributed by atoms with Gasteiger partial charge in [0.1, 0.15) is 23.2 Å². The van der Waals surface area contributed by atoms with Crippen LogP contribution in [0.2, 0.25) is 0 Å². The molecule has 3 rings (SSSR count). The summed E-state index contributed by atoms with van der Waals surface area (Å²) in [6, 6.07) is 9.63. The summed E-state index contributed by atoms with van der Waals surface area (Å²) in [5, 5.41) is 5.75. The van der Waals surface area contributed by atoms with Crippen LogP contribution in [0.1, 0.15) is 6.42 Å². The molecule has 176 valence electrons. The van der Waals surface area contributed by atoms with Crippen molar-refractivity contribution in [2.45, 2.75) is 12.8 Å². The van der Waals surface area contributed by atoms with Gasteiger partial charge in [-0.05, 0) is 51.3 Å². The Morgan fingerprint density at radius 3 is 2.52 bits per heavy atom. The minimum atomic E-state index is -4.84. The number of hydrogen-bond acceptors (Lipinski definition) is 6. The molecule has 0 atom stereocenters. The second-order valence-electron chi connectivity index (χ2n) is 7.37. The molecule has 0 fully saturated rings. The molecule has 0 bridgehead atoms. The van der Waals surface area contributed by atoms with Gasteiger partial charge in [0.25, 0.3) is 0 Å². The first-order valence-electron chi connectivity index (χ1n) is 9.95. The van der Waals surface area contributed by atoms with Crippen LogP contribution in [0.25, 0.3) is 11.3 Å². The van der Waals surface area contributed by atoms with E-state index in [1.807, 2.05) is 19.0 Å². The highest BCUT2D eigenvalue weighted by atomic mass is 19.4. The number of ether oxygens (including phenoxy) is 1. The number of anilines is 3. The van der Waals surface area contributed by atoms with Gasteiger partial charge in [-0.1, -0.05) is 12.1 Å². The van der Waals surface area contributed by atoms with Crippen LogP contribution < -0.4 is 15.4 Å². The number of benzene rings is 2. The molecule has 1 heterocycles. The third kappa shape index (κ3) is 7.56. The molecule has 0 aliphatic heterocycles. The van der Waals surface area contributed by atoms with Crippen LogP contribution in [0.4, 0.5) is 39.4 Å². The van der Waals surface area contributed by atoms with E-state index < -0.39 is 23.7 Å². The predicted molar refractivity (Wildman–Crippen MR) is 115 cm³/mol. The highest BCUT2D eigenvalue weighted by molar-refractivity contribution is 5.68. The SMILES string of the molecule is CN(C)CCCNc1nc(Nc2cc(F)ccc2F)cc(-c2cccc(OC(F)(F)F)c2)n1. The molecular weight excluding hydrogens is 445 g/mol. The number of rotatable bonds is 9. The quantitative estimate of drug-likeness (QED) is 0.323. The fourth-order valence-electron chi connectivity index (χ4n) is 2.92. The third-order valence-electron chi connectivity index (χ3n) is 4.35. The van der Waals surface area contributed by atoms with Crippen molar-refractivity contribution < 1.29 is 26.7 Å². The van der Waals surface area contributed by atoms with E-state index in [-0.39, 0.29) is 23.1 Å². The Bertz CT molecular complexity index is 1090. The van der Waals surface area contributed by atoms with Crippen molar-refractivity contribution in [3.05, 3.63) is 60.2 Å². The highest BCUT2D eigenvalue weighted by Crippen LogP contribution is 2.29. The van der Waals surface area contributed by atoms with Crippen molar-refractivity contribution in [3.63, 3.8) is 0 Å². The molecule has 2 aromatic carbocycles. The summed E-state index contributed by atoms with van der Waals surface area (Å²) in [6.07, 6.45) is -4.07. The molecule has 0 amide bonds. The lowest BCUT2D eigenvalue weighted by Crippen LogP contribution is -2.17. The molecule has 0 aliphatic rings. The minimum Gasteiger partial charge on any atom is -0.406 e. The van der Waals surface area contributed by atoms with Crippen LogP contribution in [-0.2, 0) is 0 Å². The van der Waals surface area contributed by atoms with E-state index >= 15 is 0 Å². The smallest absolute Gasteiger partial charge is 0.406 e. The van der Waals surface area contributed by atoms with Crippen LogP contribution in [0.5, 0.6) is 5.75 Å². The van der Waals surface area contributed by atoms with E-state index in [1.165, 1.54) is 24.3 Å². The van der Waals surface area contributed by atoms with Gasteiger partial charge in [0.05, 0.1) is 11.4 Å². The molecule has 0 aliphatic carbocycles. The molecule has 11 heteroatoms. The average Bonchev–Trinajstić information content (AvgIpc) is 2.72. The Hall–Kier alpha value is -3.47. The van der Waals surface area contributed by atoms with Crippen LogP contribution in [-0.4, -0.2) is 48.4 Å². The van der Waals surface area contributed by atoms with E-state index in [1.54, 1.807) is 6.07 Å². The zero-order chi connectivity index (χ0) is 24.0. The average molecular weight is 467 g/mol. The zero-order valence-electron chi connectivity index (χ0n) is 17.9. The van der Waals surface area contributed by atoms with Gasteiger partial charge in [-0.25, -0.2) is 13.8 Å². The Kier molecular flexibility index (Phi) is 7.64. The molecule has 1 aromatic heterocycles. The molecule has 0 spiro atoms. The van der Waals surface area contributed by atoms with Crippen LogP contribution in [0.15, 0.2) is 48.5 Å². The fourth-order valence-corrected chi connectivity index (χ4v) is 2.92. The maximum absolute atomic E-state index is 14.1. The van der Waals surface area contributed by atoms with Gasteiger partial charge in [0, 0.05) is 24.2 Å². The molecule has 0 unspecified atom stereocenters. The molecular formula is C22H22F5N5O. The van der Waals surface area contributed by atoms with E-state index in [0.717, 1.165) is 31.2 Å². The molecule has 2 N–H and O–H groups in total. The first-order valence-corrected chi connectivity index (χ1v) is 9.95. The number of aromatic nitrogens is 2. The van der Waals surface area contributed by atoms with Gasteiger partial charge >= 0.3 is 6.36 Å². The summed E-state index contributed by atoms with van der Waals surface area (Å²) in [6.45, 7) is 1.33. The highest BCUT2D eigenvalue weighted by Gasteiger charge is 2.31. The lowest BCUT2D eigenvalue weighted by atomic mass is 10.1. The fraction of sp³-hybridized carbons (Fsp3) is 0.273. The van der Waals surface area contributed by atoms with E-state index in [4.69, 9.17) is 0 Å². The first-order chi connectivity index (χ1) is 15.6. The molecule has 0 saturated heterocycles. The van der Waals surface area contributed by atoms with Gasteiger partial charge in [0.15, 0.2) is 0 Å². The Balaban J connectivity index is 1.93. The maximum Gasteiger partial charge on any atom is 0.573 e. The van der Waals surface area contributed by atoms with E-state index in [9.17, 15) is 22.0 Å². The lowest BCUT2D eigenvalue weighted by molar-refractivity contribution is -0.274. The van der Waals surface area contributed by atoms with Crippen molar-refractivity contribution in [1.82, 2.24) is 14.9 Å². The largest absolute Gasteiger partial charge is 0.573 e. The van der Waals surface area contributed by atoms with E-state index in [2.05, 4.69) is 25.3 Å². The van der Waals surface area contributed by atoms with Crippen molar-refractivity contribution >= 4 is 17.5 Å². The van der Waals surface area contributed by atoms with Crippen molar-refractivity contribution in [1.29, 1.82) is 0 Å². The van der Waals surface area contributed by atoms with Gasteiger partial charge in [0.2, 0.25) is 5.95 Å². The normalized spacial score (nSPS) is 11.5. The molecule has 33 heavy (non-hydrogen) atoms. The Morgan fingerprint density at radius 2 is 1.79 bits per heavy atom. The standard InChI is InChI=1S/C22H22F5N5O/c1-32(2)10-4-9-28-21-30-18(14-5-3-6-16(11-14)33-22(25,26)27)13-20(31-21)29-19-12-15(23)7-8-17(19)24/h3,5-8,11-13H,4,9-10H2,1-2H3,(H2,28,29,30,31). The van der Waals surface area contributed by atoms with Gasteiger partial charge in [-0.3, -0.25) is 0 Å². The van der Waals surface area contributed by atoms with Crippen LogP contribution >= 0.6 is 0 Å². The Labute approximate surface area is 187 Å². The molecule has 3 aromatic rings. The minimum absolute atomic E-state index is 0.127. The third-order valence-corrected chi connectivity index (χ3v) is 4.35. The summed E-state index contributed by atoms with van der Waals surface area (Å²) >= 11 is 0. The summed E-state index contributed by atoms with van der Waals surface area (Å²) < 4.78 is 69.5. The van der Waals surface area contributed by atoms with Crippen molar-refractivity contribution in [3.8, 4) is 17.0 Å². The number of hydrogen-bond donors (Lipinski definition) is 2. The zero-order valence-corrected chi connectivity index (χ0v) is 17.9. The first kappa shape index (κ1) is 24.2. The number of halogens is 5. The van der Waals surface area contributed by atoms with Crippen molar-refractivity contribution in [2.24, 2.45) is 0 Å². The van der Waals surface area contributed by atoms with Crippen molar-refractivity contribution in [2.75, 3.05) is 37.8 Å². The second-order valence-corrected chi connectivity index (χ2v) is 7.37. The van der Waals surface area contributed by atoms with Gasteiger partial charge in [-0.2, -0.15) is 4.98 Å².